The topological polar surface area (TPSA) is 95.4 Å². The molecule has 0 aromatic heterocycles. The van der Waals surface area contributed by atoms with Gasteiger partial charge in [0.05, 0.1) is 5.56 Å². The third-order valence-corrected chi connectivity index (χ3v) is 1.81. The highest BCUT2D eigenvalue weighted by Gasteiger charge is 2.15. The smallest absolute Gasteiger partial charge is 0.329 e. The molecule has 0 aliphatic carbocycles. The molecule has 5 heteroatoms. The Labute approximate surface area is 87.0 Å². The zero-order valence-corrected chi connectivity index (χ0v) is 8.05. The molecule has 0 fully saturated rings. The zero-order valence-electron chi connectivity index (χ0n) is 8.05. The van der Waals surface area contributed by atoms with Gasteiger partial charge in [-0.05, 0) is 12.1 Å². The lowest BCUT2D eigenvalue weighted by Crippen LogP contribution is -2.40. The van der Waals surface area contributed by atoms with Crippen molar-refractivity contribution in [2.45, 2.75) is 6.04 Å². The Morgan fingerprint density at radius 2 is 2.13 bits per heavy atom. The van der Waals surface area contributed by atoms with Crippen molar-refractivity contribution in [3.8, 4) is 5.75 Å². The Kier molecular flexibility index (Phi) is 3.96. The first-order valence-corrected chi connectivity index (χ1v) is 4.40. The van der Waals surface area contributed by atoms with Gasteiger partial charge < -0.3 is 16.2 Å². The number of nitrogens with two attached hydrogens (primary N) is 2. The standard InChI is InChI=1S/C10H12N2O3/c11-5-8(12)10(14)15-9-4-2-1-3-7(9)6-13/h1-4,6,8H,5,11-12H2/t8-/m0/s1. The first-order valence-electron chi connectivity index (χ1n) is 4.40. The van der Waals surface area contributed by atoms with E-state index in [-0.39, 0.29) is 12.3 Å². The predicted octanol–water partition coefficient (Wildman–Crippen LogP) is -0.309. The molecule has 1 atom stereocenters. The number of hydrogen-bond donors (Lipinski definition) is 2. The zero-order chi connectivity index (χ0) is 11.3. The van der Waals surface area contributed by atoms with Gasteiger partial charge >= 0.3 is 5.97 Å². The summed E-state index contributed by atoms with van der Waals surface area (Å²) >= 11 is 0. The normalized spacial score (nSPS) is 11.9. The SMILES string of the molecule is NC[C@H](N)C(=O)Oc1ccccc1C=O. The summed E-state index contributed by atoms with van der Waals surface area (Å²) in [6.07, 6.45) is 0.608. The van der Waals surface area contributed by atoms with E-state index in [0.29, 0.717) is 11.8 Å². The first kappa shape index (κ1) is 11.4. The van der Waals surface area contributed by atoms with Crippen LogP contribution in [0.3, 0.4) is 0 Å². The number of carbonyl (C=O) groups excluding carboxylic acids is 2. The Morgan fingerprint density at radius 3 is 2.73 bits per heavy atom. The van der Waals surface area contributed by atoms with Crippen LogP contribution in [0.1, 0.15) is 10.4 Å². The van der Waals surface area contributed by atoms with E-state index >= 15 is 0 Å². The molecule has 0 saturated heterocycles. The van der Waals surface area contributed by atoms with E-state index in [2.05, 4.69) is 0 Å². The maximum absolute atomic E-state index is 11.3. The van der Waals surface area contributed by atoms with Gasteiger partial charge in [-0.2, -0.15) is 0 Å². The lowest BCUT2D eigenvalue weighted by molar-refractivity contribution is -0.135. The van der Waals surface area contributed by atoms with Crippen LogP contribution in [0.25, 0.3) is 0 Å². The van der Waals surface area contributed by atoms with Crippen molar-refractivity contribution in [1.29, 1.82) is 0 Å². The highest BCUT2D eigenvalue weighted by atomic mass is 16.5. The molecule has 80 valence electrons. The minimum absolute atomic E-state index is 0.00207. The van der Waals surface area contributed by atoms with Crippen molar-refractivity contribution in [2.24, 2.45) is 11.5 Å². The van der Waals surface area contributed by atoms with Gasteiger partial charge in [-0.15, -0.1) is 0 Å². The molecule has 0 unspecified atom stereocenters. The molecular formula is C10H12N2O3. The Hall–Kier alpha value is -1.72. The highest BCUT2D eigenvalue weighted by Crippen LogP contribution is 2.15. The van der Waals surface area contributed by atoms with E-state index in [9.17, 15) is 9.59 Å². The van der Waals surface area contributed by atoms with E-state index < -0.39 is 12.0 Å². The predicted molar refractivity (Wildman–Crippen MR) is 54.5 cm³/mol. The summed E-state index contributed by atoms with van der Waals surface area (Å²) in [7, 11) is 0. The fraction of sp³-hybridized carbons (Fsp3) is 0.200. The largest absolute Gasteiger partial charge is 0.425 e. The average Bonchev–Trinajstić information content (AvgIpc) is 2.28. The molecule has 15 heavy (non-hydrogen) atoms. The molecule has 0 heterocycles. The summed E-state index contributed by atoms with van der Waals surface area (Å²) in [5.41, 5.74) is 10.9. The van der Waals surface area contributed by atoms with Gasteiger partial charge in [-0.1, -0.05) is 12.1 Å². The van der Waals surface area contributed by atoms with Crippen LogP contribution in [0.4, 0.5) is 0 Å². The van der Waals surface area contributed by atoms with Crippen LogP contribution in [0.5, 0.6) is 5.75 Å². The third-order valence-electron chi connectivity index (χ3n) is 1.81. The van der Waals surface area contributed by atoms with E-state index in [1.54, 1.807) is 18.2 Å². The number of rotatable bonds is 4. The second kappa shape index (κ2) is 5.23. The number of aldehydes is 1. The van der Waals surface area contributed by atoms with Gasteiger partial charge in [0, 0.05) is 6.54 Å². The number of esters is 1. The summed E-state index contributed by atoms with van der Waals surface area (Å²) in [5, 5.41) is 0. The lowest BCUT2D eigenvalue weighted by Gasteiger charge is -2.09. The molecule has 0 amide bonds. The molecule has 1 rings (SSSR count). The van der Waals surface area contributed by atoms with Gasteiger partial charge in [0.2, 0.25) is 0 Å². The molecule has 0 spiro atoms. The second-order valence-corrected chi connectivity index (χ2v) is 2.92. The van der Waals surface area contributed by atoms with Crippen molar-refractivity contribution in [2.75, 3.05) is 6.54 Å². The number of benzene rings is 1. The summed E-state index contributed by atoms with van der Waals surface area (Å²) in [4.78, 5) is 21.9. The van der Waals surface area contributed by atoms with Gasteiger partial charge in [0.15, 0.2) is 6.29 Å². The maximum Gasteiger partial charge on any atom is 0.329 e. The molecule has 1 aromatic carbocycles. The minimum Gasteiger partial charge on any atom is -0.425 e. The molecule has 0 aliphatic heterocycles. The molecule has 0 saturated carbocycles. The molecule has 1 aromatic rings. The summed E-state index contributed by atoms with van der Waals surface area (Å²) in [6, 6.07) is 5.52. The fourth-order valence-corrected chi connectivity index (χ4v) is 0.951. The van der Waals surface area contributed by atoms with Crippen LogP contribution in [-0.2, 0) is 4.79 Å². The number of carbonyl (C=O) groups is 2. The average molecular weight is 208 g/mol. The summed E-state index contributed by atoms with van der Waals surface area (Å²) < 4.78 is 4.91. The van der Waals surface area contributed by atoms with E-state index in [4.69, 9.17) is 16.2 Å². The summed E-state index contributed by atoms with van der Waals surface area (Å²) in [5.74, 6) is -0.451. The molecule has 0 aliphatic rings. The molecular weight excluding hydrogens is 196 g/mol. The number of ether oxygens (including phenoxy) is 1. The number of hydrogen-bond acceptors (Lipinski definition) is 5. The Balaban J connectivity index is 2.80. The monoisotopic (exact) mass is 208 g/mol. The minimum atomic E-state index is -0.871. The quantitative estimate of drug-likeness (QED) is 0.402. The van der Waals surface area contributed by atoms with Crippen LogP contribution in [-0.4, -0.2) is 24.8 Å². The summed E-state index contributed by atoms with van der Waals surface area (Å²) in [6.45, 7) is 0.00207. The third kappa shape index (κ3) is 2.87. The maximum atomic E-state index is 11.3. The van der Waals surface area contributed by atoms with Crippen LogP contribution in [0.2, 0.25) is 0 Å². The van der Waals surface area contributed by atoms with Crippen molar-refractivity contribution in [3.05, 3.63) is 29.8 Å². The van der Waals surface area contributed by atoms with E-state index in [1.165, 1.54) is 6.07 Å². The van der Waals surface area contributed by atoms with Crippen molar-refractivity contribution in [1.82, 2.24) is 0 Å². The van der Waals surface area contributed by atoms with Gasteiger partial charge in [-0.25, -0.2) is 4.79 Å². The fourth-order valence-electron chi connectivity index (χ4n) is 0.951. The van der Waals surface area contributed by atoms with Crippen LogP contribution in [0.15, 0.2) is 24.3 Å². The van der Waals surface area contributed by atoms with Crippen molar-refractivity contribution < 1.29 is 14.3 Å². The van der Waals surface area contributed by atoms with Crippen molar-refractivity contribution >= 4 is 12.3 Å². The Bertz CT molecular complexity index is 365. The molecule has 0 bridgehead atoms. The van der Waals surface area contributed by atoms with Crippen LogP contribution >= 0.6 is 0 Å². The number of para-hydroxylation sites is 1. The Morgan fingerprint density at radius 1 is 1.47 bits per heavy atom. The highest BCUT2D eigenvalue weighted by molar-refractivity contribution is 5.84. The molecule has 0 radical (unpaired) electrons. The van der Waals surface area contributed by atoms with Crippen molar-refractivity contribution in [3.63, 3.8) is 0 Å². The second-order valence-electron chi connectivity index (χ2n) is 2.92. The van der Waals surface area contributed by atoms with E-state index in [1.807, 2.05) is 0 Å². The van der Waals surface area contributed by atoms with Gasteiger partial charge in [-0.3, -0.25) is 4.79 Å². The lowest BCUT2D eigenvalue weighted by atomic mass is 10.2. The first-order chi connectivity index (χ1) is 7.19. The van der Waals surface area contributed by atoms with E-state index in [0.717, 1.165) is 0 Å². The van der Waals surface area contributed by atoms with Crippen LogP contribution in [0, 0.1) is 0 Å². The molecule has 5 nitrogen and oxygen atoms in total. The molecule has 4 N–H and O–H groups in total. The van der Waals surface area contributed by atoms with Gasteiger partial charge in [0.25, 0.3) is 0 Å². The van der Waals surface area contributed by atoms with Gasteiger partial charge in [0.1, 0.15) is 11.8 Å². The van der Waals surface area contributed by atoms with Crippen LogP contribution < -0.4 is 16.2 Å².